The third-order valence-corrected chi connectivity index (χ3v) is 4.64. The Labute approximate surface area is 156 Å². The summed E-state index contributed by atoms with van der Waals surface area (Å²) < 4.78 is 26.8. The van der Waals surface area contributed by atoms with Gasteiger partial charge in [0.1, 0.15) is 17.5 Å². The number of aromatic nitrogens is 2. The first-order valence-electron chi connectivity index (χ1n) is 7.82. The average molecular weight is 392 g/mol. The molecule has 0 spiro atoms. The first-order chi connectivity index (χ1) is 12.9. The van der Waals surface area contributed by atoms with Crippen molar-refractivity contribution in [1.29, 1.82) is 0 Å². The van der Waals surface area contributed by atoms with E-state index in [1.54, 1.807) is 6.08 Å². The highest BCUT2D eigenvalue weighted by Crippen LogP contribution is 2.30. The van der Waals surface area contributed by atoms with Crippen LogP contribution in [-0.4, -0.2) is 27.5 Å². The molecular formula is C17H14F2N4O3S. The fraction of sp³-hybridized carbons (Fsp3) is 0.176. The van der Waals surface area contributed by atoms with Crippen LogP contribution < -0.4 is 16.2 Å². The van der Waals surface area contributed by atoms with Crippen molar-refractivity contribution in [2.75, 3.05) is 16.4 Å². The van der Waals surface area contributed by atoms with E-state index in [0.717, 1.165) is 12.1 Å². The Balaban J connectivity index is 1.93. The van der Waals surface area contributed by atoms with Crippen LogP contribution >= 0.6 is 11.8 Å². The molecule has 0 fully saturated rings. The molecule has 10 heteroatoms. The summed E-state index contributed by atoms with van der Waals surface area (Å²) in [4.78, 5) is 43.7. The number of hydrogen-bond donors (Lipinski definition) is 3. The number of nitrogens with one attached hydrogen (secondary N) is 3. The number of carbonyl (C=O) groups is 2. The molecule has 2 aromatic rings. The zero-order valence-electron chi connectivity index (χ0n) is 13.8. The molecule has 0 bridgehead atoms. The summed E-state index contributed by atoms with van der Waals surface area (Å²) in [6.45, 7) is 3.57. The van der Waals surface area contributed by atoms with Crippen molar-refractivity contribution in [3.8, 4) is 0 Å². The molecule has 1 aromatic heterocycles. The zero-order chi connectivity index (χ0) is 19.6. The number of halogens is 2. The van der Waals surface area contributed by atoms with Gasteiger partial charge in [-0.1, -0.05) is 17.8 Å². The van der Waals surface area contributed by atoms with Crippen LogP contribution in [0.5, 0.6) is 0 Å². The van der Waals surface area contributed by atoms with Crippen LogP contribution in [0.15, 0.2) is 40.8 Å². The maximum atomic E-state index is 13.8. The molecule has 0 aliphatic carbocycles. The smallest absolute Gasteiger partial charge is 0.257 e. The van der Waals surface area contributed by atoms with Gasteiger partial charge in [-0.05, 0) is 12.1 Å². The topological polar surface area (TPSA) is 104 Å². The largest absolute Gasteiger partial charge is 0.323 e. The molecule has 0 radical (unpaired) electrons. The van der Waals surface area contributed by atoms with Gasteiger partial charge < -0.3 is 15.6 Å². The lowest BCUT2D eigenvalue weighted by Crippen LogP contribution is -2.36. The number of thioether (sulfide) groups is 1. The molecule has 0 saturated carbocycles. The molecule has 1 unspecified atom stereocenters. The maximum Gasteiger partial charge on any atom is 0.257 e. The number of aromatic amines is 1. The number of rotatable bonds is 5. The molecule has 0 saturated heterocycles. The fourth-order valence-corrected chi connectivity index (χ4v) is 3.19. The summed E-state index contributed by atoms with van der Waals surface area (Å²) in [6, 6.07) is 2.66. The monoisotopic (exact) mass is 392 g/mol. The SMILES string of the molecule is C=CCSc1nc2c(c(=O)[nH]1)C(C(=O)Nc1ccc(F)cc1F)CC(=O)N2. The molecule has 2 amide bonds. The van der Waals surface area contributed by atoms with Gasteiger partial charge in [-0.3, -0.25) is 14.4 Å². The Morgan fingerprint density at radius 2 is 2.19 bits per heavy atom. The van der Waals surface area contributed by atoms with Crippen LogP contribution in [0.1, 0.15) is 17.9 Å². The van der Waals surface area contributed by atoms with Gasteiger partial charge >= 0.3 is 0 Å². The third-order valence-electron chi connectivity index (χ3n) is 3.77. The molecule has 27 heavy (non-hydrogen) atoms. The molecule has 2 heterocycles. The second-order valence-corrected chi connectivity index (χ2v) is 6.66. The minimum atomic E-state index is -1.16. The normalized spacial score (nSPS) is 15.6. The number of nitrogens with zero attached hydrogens (tertiary/aromatic N) is 1. The first kappa shape index (κ1) is 18.8. The summed E-state index contributed by atoms with van der Waals surface area (Å²) in [5, 5.41) is 5.03. The highest BCUT2D eigenvalue weighted by atomic mass is 32.2. The van der Waals surface area contributed by atoms with E-state index in [2.05, 4.69) is 27.2 Å². The van der Waals surface area contributed by atoms with Crippen LogP contribution in [0.3, 0.4) is 0 Å². The van der Waals surface area contributed by atoms with Gasteiger partial charge in [-0.2, -0.15) is 0 Å². The summed E-state index contributed by atoms with van der Waals surface area (Å²) in [6.07, 6.45) is 1.32. The van der Waals surface area contributed by atoms with Gasteiger partial charge in [0.2, 0.25) is 11.8 Å². The number of hydrogen-bond acceptors (Lipinski definition) is 5. The summed E-state index contributed by atoms with van der Waals surface area (Å²) >= 11 is 1.20. The zero-order valence-corrected chi connectivity index (χ0v) is 14.7. The number of benzene rings is 1. The molecule has 7 nitrogen and oxygen atoms in total. The number of anilines is 2. The first-order valence-corrected chi connectivity index (χ1v) is 8.81. The van der Waals surface area contributed by atoms with E-state index >= 15 is 0 Å². The van der Waals surface area contributed by atoms with Crippen molar-refractivity contribution < 1.29 is 18.4 Å². The third kappa shape index (κ3) is 4.05. The van der Waals surface area contributed by atoms with Crippen LogP contribution in [0.2, 0.25) is 0 Å². The Morgan fingerprint density at radius 3 is 2.89 bits per heavy atom. The lowest BCUT2D eigenvalue weighted by Gasteiger charge is -2.23. The molecular weight excluding hydrogens is 378 g/mol. The van der Waals surface area contributed by atoms with E-state index in [-0.39, 0.29) is 28.6 Å². The van der Waals surface area contributed by atoms with Crippen molar-refractivity contribution in [1.82, 2.24) is 9.97 Å². The van der Waals surface area contributed by atoms with Crippen LogP contribution in [0, 0.1) is 11.6 Å². The highest BCUT2D eigenvalue weighted by Gasteiger charge is 2.35. The lowest BCUT2D eigenvalue weighted by atomic mass is 9.92. The fourth-order valence-electron chi connectivity index (χ4n) is 2.59. The Kier molecular flexibility index (Phi) is 5.36. The van der Waals surface area contributed by atoms with E-state index in [1.165, 1.54) is 11.8 Å². The van der Waals surface area contributed by atoms with Crippen LogP contribution in [0.25, 0.3) is 0 Å². The molecule has 3 rings (SSSR count). The highest BCUT2D eigenvalue weighted by molar-refractivity contribution is 7.99. The van der Waals surface area contributed by atoms with Gasteiger partial charge in [0, 0.05) is 18.2 Å². The van der Waals surface area contributed by atoms with Gasteiger partial charge in [0.05, 0.1) is 17.2 Å². The van der Waals surface area contributed by atoms with Crippen molar-refractivity contribution in [2.45, 2.75) is 17.5 Å². The predicted octanol–water partition coefficient (Wildman–Crippen LogP) is 2.39. The standard InChI is InChI=1S/C17H14F2N4O3S/c1-2-5-27-17-22-14-13(16(26)23-17)9(7-12(24)21-14)15(25)20-11-4-3-8(18)6-10(11)19/h2-4,6,9H,1,5,7H2,(H,20,25)(H2,21,22,23,24,26). The Morgan fingerprint density at radius 1 is 1.41 bits per heavy atom. The number of fused-ring (bicyclic) bond motifs is 1. The predicted molar refractivity (Wildman–Crippen MR) is 96.8 cm³/mol. The van der Waals surface area contributed by atoms with E-state index in [1.807, 2.05) is 0 Å². The second-order valence-electron chi connectivity index (χ2n) is 5.65. The lowest BCUT2D eigenvalue weighted by molar-refractivity contribution is -0.123. The van der Waals surface area contributed by atoms with E-state index in [4.69, 9.17) is 0 Å². The number of carbonyl (C=O) groups excluding carboxylic acids is 2. The quantitative estimate of drug-likeness (QED) is 0.412. The average Bonchev–Trinajstić information content (AvgIpc) is 2.61. The van der Waals surface area contributed by atoms with Crippen molar-refractivity contribution in [3.05, 3.63) is 58.4 Å². The molecule has 1 atom stereocenters. The molecule has 1 aliphatic heterocycles. The number of H-pyrrole nitrogens is 1. The van der Waals surface area contributed by atoms with Gasteiger partial charge in [0.25, 0.3) is 5.56 Å². The summed E-state index contributed by atoms with van der Waals surface area (Å²) in [5.74, 6) is -3.71. The second kappa shape index (κ2) is 7.70. The van der Waals surface area contributed by atoms with E-state index in [0.29, 0.717) is 11.8 Å². The van der Waals surface area contributed by atoms with Crippen LogP contribution in [-0.2, 0) is 9.59 Å². The summed E-state index contributed by atoms with van der Waals surface area (Å²) in [5.41, 5.74) is -0.847. The van der Waals surface area contributed by atoms with E-state index < -0.39 is 34.9 Å². The minimum Gasteiger partial charge on any atom is -0.323 e. The van der Waals surface area contributed by atoms with Gasteiger partial charge in [0.15, 0.2) is 5.16 Å². The molecule has 1 aliphatic rings. The Hall–Kier alpha value is -3.01. The van der Waals surface area contributed by atoms with Gasteiger partial charge in [-0.15, -0.1) is 6.58 Å². The summed E-state index contributed by atoms with van der Waals surface area (Å²) in [7, 11) is 0. The minimum absolute atomic E-state index is 0.0127. The van der Waals surface area contributed by atoms with E-state index in [9.17, 15) is 23.2 Å². The number of amides is 2. The molecule has 140 valence electrons. The van der Waals surface area contributed by atoms with Gasteiger partial charge in [-0.25, -0.2) is 13.8 Å². The van der Waals surface area contributed by atoms with Crippen molar-refractivity contribution in [2.24, 2.45) is 0 Å². The maximum absolute atomic E-state index is 13.8. The van der Waals surface area contributed by atoms with Crippen molar-refractivity contribution >= 4 is 35.1 Å². The van der Waals surface area contributed by atoms with Crippen molar-refractivity contribution in [3.63, 3.8) is 0 Å². The molecule has 1 aromatic carbocycles. The van der Waals surface area contributed by atoms with Crippen LogP contribution in [0.4, 0.5) is 20.3 Å². The Bertz CT molecular complexity index is 993. The molecule has 3 N–H and O–H groups in total.